The minimum atomic E-state index is 0.587. The third kappa shape index (κ3) is 5.98. The first kappa shape index (κ1) is 7.98. The van der Waals surface area contributed by atoms with Crippen molar-refractivity contribution in [1.29, 1.82) is 0 Å². The van der Waals surface area contributed by atoms with Crippen LogP contribution in [-0.2, 0) is 9.53 Å². The number of hydrogen-bond acceptors (Lipinski definition) is 3. The zero-order valence-electron chi connectivity index (χ0n) is 4.92. The number of ether oxygens (including phenoxy) is 1. The van der Waals surface area contributed by atoms with Crippen molar-refractivity contribution in [2.45, 2.75) is 0 Å². The minimum Gasteiger partial charge on any atom is -0.384 e. The summed E-state index contributed by atoms with van der Waals surface area (Å²) in [7, 11) is 1.65. The lowest BCUT2D eigenvalue weighted by Crippen LogP contribution is -1.92. The molecule has 0 spiro atoms. The number of carbonyl (C=O) groups is 1. The van der Waals surface area contributed by atoms with E-state index in [0.29, 0.717) is 5.75 Å². The van der Waals surface area contributed by atoms with E-state index in [2.05, 4.69) is 0 Å². The highest BCUT2D eigenvalue weighted by molar-refractivity contribution is 7.99. The lowest BCUT2D eigenvalue weighted by Gasteiger charge is -1.92. The lowest BCUT2D eigenvalue weighted by atomic mass is 10.9. The molecule has 0 aromatic heterocycles. The second kappa shape index (κ2) is 6.98. The van der Waals surface area contributed by atoms with Gasteiger partial charge >= 0.3 is 0 Å². The van der Waals surface area contributed by atoms with Crippen molar-refractivity contribution >= 4 is 18.0 Å². The highest BCUT2D eigenvalue weighted by atomic mass is 32.2. The average Bonchev–Trinajstić information content (AvgIpc) is 1.81. The van der Waals surface area contributed by atoms with Crippen molar-refractivity contribution in [3.05, 3.63) is 0 Å². The summed E-state index contributed by atoms with van der Waals surface area (Å²) in [4.78, 5) is 9.71. The number of aldehydes is 1. The van der Waals surface area contributed by atoms with E-state index in [1.54, 1.807) is 18.9 Å². The first-order chi connectivity index (χ1) is 3.91. The van der Waals surface area contributed by atoms with Gasteiger partial charge < -0.3 is 9.53 Å². The summed E-state index contributed by atoms with van der Waals surface area (Å²) in [6, 6.07) is 0. The van der Waals surface area contributed by atoms with Crippen molar-refractivity contribution in [3.63, 3.8) is 0 Å². The van der Waals surface area contributed by atoms with Gasteiger partial charge in [-0.3, -0.25) is 0 Å². The molecule has 0 aliphatic carbocycles. The van der Waals surface area contributed by atoms with Crippen LogP contribution in [0.15, 0.2) is 0 Å². The second-order valence-electron chi connectivity index (χ2n) is 1.23. The van der Waals surface area contributed by atoms with E-state index in [-0.39, 0.29) is 0 Å². The molecular formula is C5H10O2S. The molecule has 0 aliphatic rings. The molecule has 0 fully saturated rings. The second-order valence-corrected chi connectivity index (χ2v) is 2.38. The normalized spacial score (nSPS) is 9.12. The van der Waals surface area contributed by atoms with Crippen LogP contribution in [0.5, 0.6) is 0 Å². The molecular weight excluding hydrogens is 124 g/mol. The fourth-order valence-electron chi connectivity index (χ4n) is 0.274. The Hall–Kier alpha value is -0.0200. The maximum absolute atomic E-state index is 9.71. The lowest BCUT2D eigenvalue weighted by molar-refractivity contribution is -0.105. The molecule has 2 nitrogen and oxygen atoms in total. The molecule has 0 unspecified atom stereocenters. The monoisotopic (exact) mass is 134 g/mol. The average molecular weight is 134 g/mol. The Kier molecular flexibility index (Phi) is 6.96. The third-order valence-electron chi connectivity index (χ3n) is 0.618. The Morgan fingerprint density at radius 2 is 2.50 bits per heavy atom. The van der Waals surface area contributed by atoms with Crippen LogP contribution in [0.4, 0.5) is 0 Å². The molecule has 48 valence electrons. The van der Waals surface area contributed by atoms with Gasteiger partial charge in [0, 0.05) is 18.6 Å². The third-order valence-corrected chi connectivity index (χ3v) is 1.44. The van der Waals surface area contributed by atoms with Crippen LogP contribution < -0.4 is 0 Å². The van der Waals surface area contributed by atoms with Gasteiger partial charge in [0.05, 0.1) is 6.61 Å². The van der Waals surface area contributed by atoms with Crippen molar-refractivity contribution in [2.75, 3.05) is 25.2 Å². The van der Waals surface area contributed by atoms with Crippen LogP contribution in [-0.4, -0.2) is 31.5 Å². The molecule has 0 radical (unpaired) electrons. The minimum absolute atomic E-state index is 0.587. The molecule has 0 saturated carbocycles. The van der Waals surface area contributed by atoms with Crippen LogP contribution in [0.3, 0.4) is 0 Å². The van der Waals surface area contributed by atoms with Gasteiger partial charge in [0.2, 0.25) is 0 Å². The van der Waals surface area contributed by atoms with E-state index in [9.17, 15) is 4.79 Å². The molecule has 0 atom stereocenters. The molecule has 0 N–H and O–H groups in total. The van der Waals surface area contributed by atoms with E-state index in [1.807, 2.05) is 0 Å². The molecule has 3 heteroatoms. The topological polar surface area (TPSA) is 26.3 Å². The van der Waals surface area contributed by atoms with E-state index in [4.69, 9.17) is 4.74 Å². The summed E-state index contributed by atoms with van der Waals surface area (Å²) in [6.45, 7) is 0.735. The van der Waals surface area contributed by atoms with Gasteiger partial charge in [-0.1, -0.05) is 0 Å². The summed E-state index contributed by atoms with van der Waals surface area (Å²) in [5, 5.41) is 0. The van der Waals surface area contributed by atoms with Gasteiger partial charge in [-0.05, 0) is 0 Å². The number of methoxy groups -OCH3 is 1. The van der Waals surface area contributed by atoms with Gasteiger partial charge in [0.1, 0.15) is 6.29 Å². The van der Waals surface area contributed by atoms with Crippen molar-refractivity contribution < 1.29 is 9.53 Å². The van der Waals surface area contributed by atoms with Crippen LogP contribution in [0.25, 0.3) is 0 Å². The summed E-state index contributed by atoms with van der Waals surface area (Å²) < 4.78 is 4.75. The molecule has 0 aliphatic heterocycles. The molecule has 0 bridgehead atoms. The Labute approximate surface area is 53.6 Å². The molecule has 0 amide bonds. The predicted molar refractivity (Wildman–Crippen MR) is 35.3 cm³/mol. The predicted octanol–water partition coefficient (Wildman–Crippen LogP) is 0.565. The number of rotatable bonds is 5. The van der Waals surface area contributed by atoms with Crippen molar-refractivity contribution in [2.24, 2.45) is 0 Å². The van der Waals surface area contributed by atoms with Gasteiger partial charge in [-0.25, -0.2) is 0 Å². The van der Waals surface area contributed by atoms with Gasteiger partial charge in [0.25, 0.3) is 0 Å². The summed E-state index contributed by atoms with van der Waals surface area (Å²) in [6.07, 6.45) is 0.903. The van der Waals surface area contributed by atoms with Crippen LogP contribution in [0, 0.1) is 0 Å². The molecule has 0 aromatic rings. The zero-order valence-corrected chi connectivity index (χ0v) is 5.74. The molecule has 0 saturated heterocycles. The van der Waals surface area contributed by atoms with Crippen LogP contribution in [0.1, 0.15) is 0 Å². The summed E-state index contributed by atoms with van der Waals surface area (Å²) in [5.41, 5.74) is 0. The number of thioether (sulfide) groups is 1. The fraction of sp³-hybridized carbons (Fsp3) is 0.800. The smallest absolute Gasteiger partial charge is 0.129 e. The summed E-state index contributed by atoms with van der Waals surface area (Å²) in [5.74, 6) is 1.50. The largest absolute Gasteiger partial charge is 0.384 e. The highest BCUT2D eigenvalue weighted by Gasteiger charge is 1.83. The van der Waals surface area contributed by atoms with E-state index < -0.39 is 0 Å². The fourth-order valence-corrected chi connectivity index (χ4v) is 0.821. The van der Waals surface area contributed by atoms with Gasteiger partial charge in [0.15, 0.2) is 0 Å². The first-order valence-electron chi connectivity index (χ1n) is 2.42. The first-order valence-corrected chi connectivity index (χ1v) is 3.57. The zero-order chi connectivity index (χ0) is 6.24. The number of carbonyl (C=O) groups excluding carboxylic acids is 1. The highest BCUT2D eigenvalue weighted by Crippen LogP contribution is 1.94. The van der Waals surface area contributed by atoms with Crippen molar-refractivity contribution in [3.8, 4) is 0 Å². The van der Waals surface area contributed by atoms with Crippen LogP contribution in [0.2, 0.25) is 0 Å². The van der Waals surface area contributed by atoms with Gasteiger partial charge in [-0.2, -0.15) is 11.8 Å². The Morgan fingerprint density at radius 3 is 3.00 bits per heavy atom. The molecule has 0 aromatic carbocycles. The van der Waals surface area contributed by atoms with E-state index in [0.717, 1.165) is 18.6 Å². The quantitative estimate of drug-likeness (QED) is 0.406. The maximum Gasteiger partial charge on any atom is 0.129 e. The SMILES string of the molecule is COCCSCC=O. The molecule has 8 heavy (non-hydrogen) atoms. The summed E-state index contributed by atoms with van der Waals surface area (Å²) >= 11 is 1.58. The molecule has 0 heterocycles. The Morgan fingerprint density at radius 1 is 1.75 bits per heavy atom. The van der Waals surface area contributed by atoms with Crippen LogP contribution >= 0.6 is 11.8 Å². The van der Waals surface area contributed by atoms with E-state index >= 15 is 0 Å². The number of hydrogen-bond donors (Lipinski definition) is 0. The Bertz CT molecular complexity index is 56.4. The maximum atomic E-state index is 9.71. The standard InChI is InChI=1S/C5H10O2S/c1-7-3-5-8-4-2-6/h2H,3-5H2,1H3. The van der Waals surface area contributed by atoms with Crippen molar-refractivity contribution in [1.82, 2.24) is 0 Å². The van der Waals surface area contributed by atoms with Gasteiger partial charge in [-0.15, -0.1) is 0 Å². The Balaban J connectivity index is 2.62. The van der Waals surface area contributed by atoms with E-state index in [1.165, 1.54) is 0 Å². The molecule has 0 rings (SSSR count).